The highest BCUT2D eigenvalue weighted by atomic mass is 16.5. The molecule has 0 radical (unpaired) electrons. The van der Waals surface area contributed by atoms with Crippen LogP contribution in [0.3, 0.4) is 0 Å². The molecule has 0 aliphatic carbocycles. The Morgan fingerprint density at radius 1 is 1.38 bits per heavy atom. The average molecular weight is 223 g/mol. The molecular weight excluding hydrogens is 210 g/mol. The zero-order valence-electron chi connectivity index (χ0n) is 8.90. The fourth-order valence-electron chi connectivity index (χ4n) is 1.23. The number of ether oxygens (including phenoxy) is 1. The summed E-state index contributed by atoms with van der Waals surface area (Å²) in [4.78, 5) is 21.7. The second-order valence-corrected chi connectivity index (χ2v) is 3.10. The summed E-state index contributed by atoms with van der Waals surface area (Å²) >= 11 is 0. The normalized spacial score (nSPS) is 9.56. The number of anilines is 1. The minimum atomic E-state index is -0.999. The molecule has 0 saturated heterocycles. The molecule has 0 saturated carbocycles. The van der Waals surface area contributed by atoms with E-state index in [9.17, 15) is 9.59 Å². The van der Waals surface area contributed by atoms with Crippen molar-refractivity contribution in [2.24, 2.45) is 0 Å². The predicted octanol–water partition coefficient (Wildman–Crippen LogP) is 1.36. The number of hydrogen-bond donors (Lipinski definition) is 2. The highest BCUT2D eigenvalue weighted by molar-refractivity contribution is 5.94. The Morgan fingerprint density at radius 2 is 2.06 bits per heavy atom. The number of hydrogen-bond acceptors (Lipinski definition) is 4. The Morgan fingerprint density at radius 3 is 2.69 bits per heavy atom. The van der Waals surface area contributed by atoms with Gasteiger partial charge in [-0.3, -0.25) is 4.79 Å². The maximum absolute atomic E-state index is 10.8. The van der Waals surface area contributed by atoms with Crippen LogP contribution >= 0.6 is 0 Å². The van der Waals surface area contributed by atoms with Crippen LogP contribution in [-0.4, -0.2) is 30.7 Å². The molecule has 0 unspecified atom stereocenters. The van der Waals surface area contributed by atoms with Crippen LogP contribution in [0.25, 0.3) is 0 Å². The largest absolute Gasteiger partial charge is 0.478 e. The van der Waals surface area contributed by atoms with Gasteiger partial charge in [-0.2, -0.15) is 0 Å². The summed E-state index contributed by atoms with van der Waals surface area (Å²) < 4.78 is 4.47. The van der Waals surface area contributed by atoms with Gasteiger partial charge in [0.05, 0.1) is 19.1 Å². The van der Waals surface area contributed by atoms with Gasteiger partial charge >= 0.3 is 11.9 Å². The smallest absolute Gasteiger partial charge is 0.337 e. The monoisotopic (exact) mass is 223 g/mol. The third-order valence-electron chi connectivity index (χ3n) is 2.03. The van der Waals surface area contributed by atoms with E-state index in [2.05, 4.69) is 10.1 Å². The number of carbonyl (C=O) groups excluding carboxylic acids is 1. The molecule has 0 aliphatic heterocycles. The minimum absolute atomic E-state index is 0.187. The summed E-state index contributed by atoms with van der Waals surface area (Å²) in [6, 6.07) is 6.53. The lowest BCUT2D eigenvalue weighted by atomic mass is 10.2. The molecule has 86 valence electrons. The number of rotatable bonds is 5. The van der Waals surface area contributed by atoms with Crippen LogP contribution in [0.4, 0.5) is 5.69 Å². The maximum Gasteiger partial charge on any atom is 0.337 e. The first-order chi connectivity index (χ1) is 7.65. The Kier molecular flexibility index (Phi) is 4.32. The lowest BCUT2D eigenvalue weighted by molar-refractivity contribution is -0.140. The number of aromatic carboxylic acids is 1. The zero-order valence-corrected chi connectivity index (χ0v) is 8.90. The lowest BCUT2D eigenvalue weighted by Crippen LogP contribution is -2.12. The molecule has 1 aromatic rings. The summed E-state index contributed by atoms with van der Waals surface area (Å²) in [5.74, 6) is -1.33. The standard InChI is InChI=1S/C11H13NO4/c1-16-10(13)6-7-12-9-5-3-2-4-8(9)11(14)15/h2-5,12H,6-7H2,1H3,(H,14,15). The van der Waals surface area contributed by atoms with Crippen molar-refractivity contribution >= 4 is 17.6 Å². The van der Waals surface area contributed by atoms with E-state index in [1.807, 2.05) is 0 Å². The molecule has 5 nitrogen and oxygen atoms in total. The third kappa shape index (κ3) is 3.27. The Bertz CT molecular complexity index is 389. The molecule has 2 N–H and O–H groups in total. The van der Waals surface area contributed by atoms with Crippen molar-refractivity contribution < 1.29 is 19.4 Å². The number of methoxy groups -OCH3 is 1. The summed E-state index contributed by atoms with van der Waals surface area (Å²) in [7, 11) is 1.31. The first-order valence-electron chi connectivity index (χ1n) is 4.78. The van der Waals surface area contributed by atoms with Gasteiger partial charge in [0.25, 0.3) is 0 Å². The van der Waals surface area contributed by atoms with Gasteiger partial charge in [0.2, 0.25) is 0 Å². The van der Waals surface area contributed by atoms with E-state index in [-0.39, 0.29) is 18.0 Å². The van der Waals surface area contributed by atoms with Gasteiger partial charge in [-0.25, -0.2) is 4.79 Å². The van der Waals surface area contributed by atoms with E-state index in [0.29, 0.717) is 12.2 Å². The van der Waals surface area contributed by atoms with Gasteiger partial charge in [-0.05, 0) is 12.1 Å². The zero-order chi connectivity index (χ0) is 12.0. The number of nitrogens with one attached hydrogen (secondary N) is 1. The van der Waals surface area contributed by atoms with Gasteiger partial charge in [0.15, 0.2) is 0 Å². The van der Waals surface area contributed by atoms with Crippen LogP contribution in [0, 0.1) is 0 Å². The van der Waals surface area contributed by atoms with Crippen LogP contribution in [0.5, 0.6) is 0 Å². The average Bonchev–Trinajstić information content (AvgIpc) is 2.29. The summed E-state index contributed by atoms with van der Waals surface area (Å²) in [5, 5.41) is 11.8. The SMILES string of the molecule is COC(=O)CCNc1ccccc1C(=O)O. The van der Waals surface area contributed by atoms with E-state index in [4.69, 9.17) is 5.11 Å². The maximum atomic E-state index is 10.8. The second kappa shape index (κ2) is 5.75. The molecule has 16 heavy (non-hydrogen) atoms. The van der Waals surface area contributed by atoms with Crippen LogP contribution in [-0.2, 0) is 9.53 Å². The number of benzene rings is 1. The lowest BCUT2D eigenvalue weighted by Gasteiger charge is -2.08. The predicted molar refractivity (Wildman–Crippen MR) is 58.5 cm³/mol. The number of carbonyl (C=O) groups is 2. The van der Waals surface area contributed by atoms with Gasteiger partial charge in [0, 0.05) is 12.2 Å². The van der Waals surface area contributed by atoms with E-state index in [0.717, 1.165) is 0 Å². The highest BCUT2D eigenvalue weighted by Crippen LogP contribution is 2.14. The molecule has 5 heteroatoms. The number of carboxylic acids is 1. The number of para-hydroxylation sites is 1. The molecule has 0 aromatic heterocycles. The molecule has 0 atom stereocenters. The van der Waals surface area contributed by atoms with Crippen molar-refractivity contribution in [1.82, 2.24) is 0 Å². The number of esters is 1. The summed E-state index contributed by atoms with van der Waals surface area (Å²) in [6.07, 6.45) is 0.199. The second-order valence-electron chi connectivity index (χ2n) is 3.10. The van der Waals surface area contributed by atoms with E-state index in [1.54, 1.807) is 18.2 Å². The van der Waals surface area contributed by atoms with E-state index >= 15 is 0 Å². The quantitative estimate of drug-likeness (QED) is 0.737. The van der Waals surface area contributed by atoms with Crippen molar-refractivity contribution in [2.45, 2.75) is 6.42 Å². The Hall–Kier alpha value is -2.04. The molecule has 0 heterocycles. The topological polar surface area (TPSA) is 75.6 Å². The van der Waals surface area contributed by atoms with Crippen molar-refractivity contribution in [3.8, 4) is 0 Å². The summed E-state index contributed by atoms with van der Waals surface area (Å²) in [5.41, 5.74) is 0.686. The minimum Gasteiger partial charge on any atom is -0.478 e. The first-order valence-corrected chi connectivity index (χ1v) is 4.78. The highest BCUT2D eigenvalue weighted by Gasteiger charge is 2.08. The van der Waals surface area contributed by atoms with Crippen molar-refractivity contribution in [1.29, 1.82) is 0 Å². The molecule has 0 aliphatic rings. The van der Waals surface area contributed by atoms with Crippen LogP contribution in [0.2, 0.25) is 0 Å². The molecular formula is C11H13NO4. The van der Waals surface area contributed by atoms with Gasteiger partial charge in [0.1, 0.15) is 0 Å². The van der Waals surface area contributed by atoms with Crippen LogP contribution in [0.1, 0.15) is 16.8 Å². The van der Waals surface area contributed by atoms with Crippen LogP contribution < -0.4 is 5.32 Å². The van der Waals surface area contributed by atoms with Gasteiger partial charge in [-0.15, -0.1) is 0 Å². The van der Waals surface area contributed by atoms with Crippen molar-refractivity contribution in [3.63, 3.8) is 0 Å². The Balaban J connectivity index is 2.60. The van der Waals surface area contributed by atoms with Crippen LogP contribution in [0.15, 0.2) is 24.3 Å². The molecule has 0 spiro atoms. The first kappa shape index (κ1) is 12.0. The fraction of sp³-hybridized carbons (Fsp3) is 0.273. The molecule has 0 amide bonds. The molecule has 0 bridgehead atoms. The summed E-state index contributed by atoms with van der Waals surface area (Å²) in [6.45, 7) is 0.344. The number of carboxylic acid groups (broad SMARTS) is 1. The fourth-order valence-corrected chi connectivity index (χ4v) is 1.23. The van der Waals surface area contributed by atoms with E-state index < -0.39 is 5.97 Å². The van der Waals surface area contributed by atoms with Crippen molar-refractivity contribution in [3.05, 3.63) is 29.8 Å². The molecule has 1 aromatic carbocycles. The molecule has 0 fully saturated rings. The van der Waals surface area contributed by atoms with Crippen molar-refractivity contribution in [2.75, 3.05) is 19.0 Å². The third-order valence-corrected chi connectivity index (χ3v) is 2.03. The van der Waals surface area contributed by atoms with Gasteiger partial charge in [-0.1, -0.05) is 12.1 Å². The molecule has 1 rings (SSSR count). The van der Waals surface area contributed by atoms with Gasteiger partial charge < -0.3 is 15.2 Å². The van der Waals surface area contributed by atoms with E-state index in [1.165, 1.54) is 13.2 Å². The Labute approximate surface area is 93.0 Å².